The highest BCUT2D eigenvalue weighted by Crippen LogP contribution is 2.21. The minimum atomic E-state index is 0.562. The number of hydrogen-bond acceptors (Lipinski definition) is 3. The van der Waals surface area contributed by atoms with E-state index in [1.807, 2.05) is 35.5 Å². The minimum Gasteiger partial charge on any atom is -0.364 e. The molecule has 0 N–H and O–H groups in total. The molecule has 0 radical (unpaired) electrons. The molecule has 0 aliphatic heterocycles. The quantitative estimate of drug-likeness (QED) is 0.755. The molecule has 0 fully saturated rings. The molecule has 15 heavy (non-hydrogen) atoms. The van der Waals surface area contributed by atoms with Gasteiger partial charge >= 0.3 is 0 Å². The summed E-state index contributed by atoms with van der Waals surface area (Å²) in [6, 6.07) is 6.13. The van der Waals surface area contributed by atoms with E-state index in [-0.39, 0.29) is 0 Å². The molecule has 4 nitrogen and oxygen atoms in total. The molecule has 2 heterocycles. The van der Waals surface area contributed by atoms with Gasteiger partial charge in [-0.05, 0) is 34.7 Å². The van der Waals surface area contributed by atoms with Crippen LogP contribution in [0.2, 0.25) is 0 Å². The lowest BCUT2D eigenvalue weighted by Gasteiger charge is -2.15. The third-order valence-corrected chi connectivity index (χ3v) is 3.00. The predicted octanol–water partition coefficient (Wildman–Crippen LogP) is 1.88. The number of hydrogen-bond donors (Lipinski definition) is 0. The molecule has 2 rings (SSSR count). The van der Waals surface area contributed by atoms with E-state index in [9.17, 15) is 0 Å². The number of nitrogens with zero attached hydrogens (tertiary/aromatic N) is 4. The van der Waals surface area contributed by atoms with Crippen LogP contribution < -0.4 is 4.90 Å². The predicted molar refractivity (Wildman–Crippen MR) is 67.0 cm³/mol. The van der Waals surface area contributed by atoms with Crippen molar-refractivity contribution in [1.29, 1.82) is 5.26 Å². The number of rotatable bonds is 1. The zero-order chi connectivity index (χ0) is 11.0. The molecule has 0 saturated carbocycles. The van der Waals surface area contributed by atoms with Crippen LogP contribution in [-0.4, -0.2) is 23.5 Å². The molecule has 0 unspecified atom stereocenters. The normalized spacial score (nSPS) is 10.3. The van der Waals surface area contributed by atoms with Crippen molar-refractivity contribution in [3.63, 3.8) is 0 Å². The van der Waals surface area contributed by atoms with Gasteiger partial charge in [-0.3, -0.25) is 4.40 Å². The Hall–Kier alpha value is -1.29. The van der Waals surface area contributed by atoms with E-state index < -0.39 is 0 Å². The van der Waals surface area contributed by atoms with Crippen molar-refractivity contribution in [2.75, 3.05) is 19.0 Å². The fourth-order valence-corrected chi connectivity index (χ4v) is 2.04. The summed E-state index contributed by atoms with van der Waals surface area (Å²) in [7, 11) is 3.89. The van der Waals surface area contributed by atoms with Gasteiger partial charge in [-0.2, -0.15) is 5.26 Å². The molecule has 2 aromatic rings. The third kappa shape index (κ3) is 1.55. The van der Waals surface area contributed by atoms with Crippen molar-refractivity contribution >= 4 is 34.1 Å². The van der Waals surface area contributed by atoms with Crippen LogP contribution in [0.1, 0.15) is 5.69 Å². The maximum atomic E-state index is 8.99. The molecule has 0 atom stereocenters. The largest absolute Gasteiger partial charge is 0.364 e. The molecule has 0 bridgehead atoms. The van der Waals surface area contributed by atoms with E-state index >= 15 is 0 Å². The van der Waals surface area contributed by atoms with Gasteiger partial charge in [0.05, 0.1) is 9.77 Å². The maximum Gasteiger partial charge on any atom is 0.152 e. The number of imidazole rings is 1. The standard InChI is InChI=1S/C10H9IN4/c1-14(2)9-4-3-8(11)10-13-6-7(5-12)15(9)10/h3-4,6H,1-2H3. The number of halogens is 1. The molecular weight excluding hydrogens is 303 g/mol. The first-order chi connectivity index (χ1) is 7.15. The number of nitriles is 1. The molecule has 0 spiro atoms. The van der Waals surface area contributed by atoms with Crippen LogP contribution in [0.15, 0.2) is 18.3 Å². The van der Waals surface area contributed by atoms with Crippen molar-refractivity contribution in [3.05, 3.63) is 27.6 Å². The lowest BCUT2D eigenvalue weighted by Crippen LogP contribution is -2.13. The van der Waals surface area contributed by atoms with Gasteiger partial charge in [0, 0.05) is 14.1 Å². The zero-order valence-corrected chi connectivity index (χ0v) is 10.6. The van der Waals surface area contributed by atoms with E-state index in [1.54, 1.807) is 6.20 Å². The van der Waals surface area contributed by atoms with Gasteiger partial charge in [-0.15, -0.1) is 0 Å². The molecular formula is C10H9IN4. The van der Waals surface area contributed by atoms with Gasteiger partial charge < -0.3 is 4.90 Å². The number of pyridine rings is 1. The van der Waals surface area contributed by atoms with Gasteiger partial charge in [0.15, 0.2) is 5.65 Å². The maximum absolute atomic E-state index is 8.99. The molecule has 5 heteroatoms. The summed E-state index contributed by atoms with van der Waals surface area (Å²) >= 11 is 2.22. The second-order valence-corrected chi connectivity index (χ2v) is 4.51. The molecule has 0 saturated heterocycles. The monoisotopic (exact) mass is 312 g/mol. The van der Waals surface area contributed by atoms with Crippen LogP contribution in [0.5, 0.6) is 0 Å². The Bertz CT molecular complexity index is 550. The zero-order valence-electron chi connectivity index (χ0n) is 8.40. The first-order valence-corrected chi connectivity index (χ1v) is 5.46. The van der Waals surface area contributed by atoms with Crippen molar-refractivity contribution in [1.82, 2.24) is 9.38 Å². The Morgan fingerprint density at radius 1 is 1.47 bits per heavy atom. The summed E-state index contributed by atoms with van der Waals surface area (Å²) < 4.78 is 2.90. The van der Waals surface area contributed by atoms with E-state index in [0.29, 0.717) is 5.69 Å². The fraction of sp³-hybridized carbons (Fsp3) is 0.200. The molecule has 0 amide bonds. The second-order valence-electron chi connectivity index (χ2n) is 3.35. The fourth-order valence-electron chi connectivity index (χ4n) is 1.48. The number of fused-ring (bicyclic) bond motifs is 1. The Morgan fingerprint density at radius 3 is 2.80 bits per heavy atom. The van der Waals surface area contributed by atoms with Gasteiger partial charge in [0.25, 0.3) is 0 Å². The van der Waals surface area contributed by atoms with Crippen molar-refractivity contribution in [2.24, 2.45) is 0 Å². The van der Waals surface area contributed by atoms with E-state index in [4.69, 9.17) is 5.26 Å². The average molecular weight is 312 g/mol. The van der Waals surface area contributed by atoms with E-state index in [2.05, 4.69) is 33.6 Å². The Morgan fingerprint density at radius 2 is 2.20 bits per heavy atom. The van der Waals surface area contributed by atoms with Crippen molar-refractivity contribution in [2.45, 2.75) is 0 Å². The first-order valence-electron chi connectivity index (χ1n) is 4.38. The van der Waals surface area contributed by atoms with Crippen LogP contribution in [0.4, 0.5) is 5.82 Å². The number of aromatic nitrogens is 2. The van der Waals surface area contributed by atoms with Crippen molar-refractivity contribution < 1.29 is 0 Å². The topological polar surface area (TPSA) is 44.3 Å². The van der Waals surface area contributed by atoms with E-state index in [0.717, 1.165) is 15.0 Å². The Balaban J connectivity index is 2.89. The van der Waals surface area contributed by atoms with E-state index in [1.165, 1.54) is 0 Å². The lowest BCUT2D eigenvalue weighted by molar-refractivity contribution is 1.01. The molecule has 2 aromatic heterocycles. The van der Waals surface area contributed by atoms with Crippen LogP contribution in [0.3, 0.4) is 0 Å². The average Bonchev–Trinajstić information content (AvgIpc) is 2.62. The molecule has 0 aliphatic carbocycles. The number of anilines is 1. The van der Waals surface area contributed by atoms with Gasteiger partial charge in [-0.1, -0.05) is 0 Å². The third-order valence-electron chi connectivity index (χ3n) is 2.16. The SMILES string of the molecule is CN(C)c1ccc(I)c2ncc(C#N)n12. The summed E-state index contributed by atoms with van der Waals surface area (Å²) in [6.45, 7) is 0. The van der Waals surface area contributed by atoms with Crippen LogP contribution in [-0.2, 0) is 0 Å². The molecule has 0 aliphatic rings. The summed E-state index contributed by atoms with van der Waals surface area (Å²) in [5, 5.41) is 8.99. The first kappa shape index (κ1) is 10.2. The Kier molecular flexibility index (Phi) is 2.52. The van der Waals surface area contributed by atoms with Crippen LogP contribution in [0.25, 0.3) is 5.65 Å². The summed E-state index contributed by atoms with van der Waals surface area (Å²) in [6.07, 6.45) is 1.60. The molecule has 76 valence electrons. The minimum absolute atomic E-state index is 0.562. The second kappa shape index (κ2) is 3.70. The van der Waals surface area contributed by atoms with Gasteiger partial charge in [0.1, 0.15) is 17.6 Å². The van der Waals surface area contributed by atoms with Gasteiger partial charge in [0.2, 0.25) is 0 Å². The van der Waals surface area contributed by atoms with Crippen LogP contribution in [0, 0.1) is 14.9 Å². The summed E-state index contributed by atoms with van der Waals surface area (Å²) in [5.41, 5.74) is 1.39. The highest BCUT2D eigenvalue weighted by atomic mass is 127. The van der Waals surface area contributed by atoms with Crippen molar-refractivity contribution in [3.8, 4) is 6.07 Å². The summed E-state index contributed by atoms with van der Waals surface area (Å²) in [5.74, 6) is 0.958. The summed E-state index contributed by atoms with van der Waals surface area (Å²) in [4.78, 5) is 6.20. The highest BCUT2D eigenvalue weighted by molar-refractivity contribution is 14.1. The highest BCUT2D eigenvalue weighted by Gasteiger charge is 2.10. The molecule has 0 aromatic carbocycles. The Labute approximate surface area is 101 Å². The smallest absolute Gasteiger partial charge is 0.152 e. The lowest BCUT2D eigenvalue weighted by atomic mass is 10.4. The van der Waals surface area contributed by atoms with Gasteiger partial charge in [-0.25, -0.2) is 4.98 Å². The van der Waals surface area contributed by atoms with Crippen LogP contribution >= 0.6 is 22.6 Å².